The Morgan fingerprint density at radius 2 is 2.00 bits per heavy atom. The summed E-state index contributed by atoms with van der Waals surface area (Å²) in [6.07, 6.45) is 9.12. The van der Waals surface area contributed by atoms with E-state index < -0.39 is 0 Å². The normalized spacial score (nSPS) is 10.2. The fourth-order valence-corrected chi connectivity index (χ4v) is 0.780. The Hall–Kier alpha value is -1.34. The first kappa shape index (κ1) is 10.7. The molecule has 1 nitrogen and oxygen atoms in total. The van der Waals surface area contributed by atoms with E-state index in [9.17, 15) is 0 Å². The van der Waals surface area contributed by atoms with Gasteiger partial charge in [-0.15, -0.1) is 6.42 Å². The third kappa shape index (κ3) is 3.17. The van der Waals surface area contributed by atoms with Gasteiger partial charge < -0.3 is 4.90 Å². The molecule has 0 aromatic rings. The Balaban J connectivity index is 4.47. The molecular formula is C11H15N. The first-order valence-corrected chi connectivity index (χ1v) is 3.88. The molecule has 64 valence electrons. The fourth-order valence-electron chi connectivity index (χ4n) is 0.780. The molecule has 1 heteroatoms. The van der Waals surface area contributed by atoms with E-state index in [-0.39, 0.29) is 5.54 Å². The molecule has 12 heavy (non-hydrogen) atoms. The van der Waals surface area contributed by atoms with Crippen LogP contribution in [-0.2, 0) is 0 Å². The van der Waals surface area contributed by atoms with E-state index in [0.717, 1.165) is 0 Å². The Morgan fingerprint density at radius 3 is 2.42 bits per heavy atom. The molecule has 0 N–H and O–H groups in total. The van der Waals surface area contributed by atoms with Gasteiger partial charge in [-0.2, -0.15) is 0 Å². The van der Waals surface area contributed by atoms with Gasteiger partial charge in [0, 0.05) is 19.0 Å². The van der Waals surface area contributed by atoms with Gasteiger partial charge in [-0.05, 0) is 26.7 Å². The molecule has 0 unspecified atom stereocenters. The lowest BCUT2D eigenvalue weighted by Crippen LogP contribution is -2.35. The second kappa shape index (κ2) is 4.52. The molecule has 0 aromatic heterocycles. The molecule has 0 aliphatic carbocycles. The standard InChI is InChI=1S/C11H15N/c1-6-8-10-12(5)11(3,4)9-7-2/h1,7,9H,2-5H3/b9-7+. The van der Waals surface area contributed by atoms with Crippen molar-refractivity contribution in [2.45, 2.75) is 26.3 Å². The van der Waals surface area contributed by atoms with Gasteiger partial charge in [-0.3, -0.25) is 0 Å². The summed E-state index contributed by atoms with van der Waals surface area (Å²) < 4.78 is 0. The van der Waals surface area contributed by atoms with Crippen LogP contribution in [0.5, 0.6) is 0 Å². The molecule has 0 amide bonds. The summed E-state index contributed by atoms with van der Waals surface area (Å²) in [5.74, 6) is 4.87. The number of rotatable bonds is 2. The first-order valence-electron chi connectivity index (χ1n) is 3.88. The fraction of sp³-hybridized carbons (Fsp3) is 0.455. The van der Waals surface area contributed by atoms with Gasteiger partial charge in [0.2, 0.25) is 0 Å². The van der Waals surface area contributed by atoms with Crippen molar-refractivity contribution in [1.29, 1.82) is 0 Å². The zero-order valence-electron chi connectivity index (χ0n) is 8.18. The van der Waals surface area contributed by atoms with Crippen LogP contribution in [0.2, 0.25) is 0 Å². The molecule has 0 spiro atoms. The summed E-state index contributed by atoms with van der Waals surface area (Å²) in [7, 11) is 1.92. The van der Waals surface area contributed by atoms with Crippen molar-refractivity contribution >= 4 is 0 Å². The topological polar surface area (TPSA) is 3.24 Å². The van der Waals surface area contributed by atoms with Crippen molar-refractivity contribution < 1.29 is 0 Å². The highest BCUT2D eigenvalue weighted by Gasteiger charge is 2.16. The van der Waals surface area contributed by atoms with E-state index >= 15 is 0 Å². The minimum absolute atomic E-state index is 0.0569. The lowest BCUT2D eigenvalue weighted by molar-refractivity contribution is 0.304. The van der Waals surface area contributed by atoms with E-state index in [4.69, 9.17) is 6.42 Å². The number of hydrogen-bond donors (Lipinski definition) is 0. The predicted molar refractivity (Wildman–Crippen MR) is 53.3 cm³/mol. The van der Waals surface area contributed by atoms with Gasteiger partial charge in [-0.1, -0.05) is 12.2 Å². The molecule has 0 heterocycles. The maximum Gasteiger partial charge on any atom is 0.0600 e. The van der Waals surface area contributed by atoms with Crippen LogP contribution in [0.15, 0.2) is 12.2 Å². The predicted octanol–water partition coefficient (Wildman–Crippen LogP) is 1.87. The molecule has 0 aliphatic rings. The quantitative estimate of drug-likeness (QED) is 0.339. The number of terminal acetylenes is 1. The van der Waals surface area contributed by atoms with Crippen molar-refractivity contribution in [1.82, 2.24) is 4.90 Å². The molecule has 0 bridgehead atoms. The molecule has 0 aliphatic heterocycles. The lowest BCUT2D eigenvalue weighted by Gasteiger charge is -2.29. The van der Waals surface area contributed by atoms with Crippen molar-refractivity contribution in [3.05, 3.63) is 12.2 Å². The van der Waals surface area contributed by atoms with Crippen LogP contribution in [0, 0.1) is 24.3 Å². The lowest BCUT2D eigenvalue weighted by atomic mass is 10.0. The van der Waals surface area contributed by atoms with Crippen molar-refractivity contribution in [3.63, 3.8) is 0 Å². The van der Waals surface area contributed by atoms with Crippen LogP contribution >= 0.6 is 0 Å². The molecule has 0 fully saturated rings. The maximum absolute atomic E-state index is 5.03. The summed E-state index contributed by atoms with van der Waals surface area (Å²) in [5.41, 5.74) is -0.0569. The average Bonchev–Trinajstić information content (AvgIpc) is 2.00. The molecule has 0 atom stereocenters. The Bertz CT molecular complexity index is 255. The van der Waals surface area contributed by atoms with Crippen LogP contribution in [0.3, 0.4) is 0 Å². The second-order valence-corrected chi connectivity index (χ2v) is 3.09. The number of nitrogens with zero attached hydrogens (tertiary/aromatic N) is 1. The van der Waals surface area contributed by atoms with Crippen LogP contribution < -0.4 is 0 Å². The van der Waals surface area contributed by atoms with E-state index in [1.165, 1.54) is 0 Å². The third-order valence-electron chi connectivity index (χ3n) is 1.73. The summed E-state index contributed by atoms with van der Waals surface area (Å²) in [6, 6.07) is 2.85. The Labute approximate surface area is 75.5 Å². The number of allylic oxidation sites excluding steroid dienone is 1. The monoisotopic (exact) mass is 161 g/mol. The van der Waals surface area contributed by atoms with Crippen molar-refractivity contribution in [2.75, 3.05) is 7.05 Å². The molecule has 0 rings (SSSR count). The smallest absolute Gasteiger partial charge is 0.0600 e. The first-order chi connectivity index (χ1) is 5.54. The molecular weight excluding hydrogens is 146 g/mol. The molecule has 0 aromatic carbocycles. The minimum Gasteiger partial charge on any atom is -0.326 e. The molecule has 0 radical (unpaired) electrons. The summed E-state index contributed by atoms with van der Waals surface area (Å²) in [6.45, 7) is 6.15. The van der Waals surface area contributed by atoms with E-state index in [0.29, 0.717) is 0 Å². The zero-order valence-corrected chi connectivity index (χ0v) is 8.18. The third-order valence-corrected chi connectivity index (χ3v) is 1.73. The van der Waals surface area contributed by atoms with E-state index in [1.54, 1.807) is 0 Å². The zero-order chi connectivity index (χ0) is 9.61. The van der Waals surface area contributed by atoms with E-state index in [2.05, 4.69) is 37.8 Å². The SMILES string of the molecule is C#CC#CN(C)C(C)(C)/C=C/C. The van der Waals surface area contributed by atoms with Crippen molar-refractivity contribution in [2.24, 2.45) is 0 Å². The van der Waals surface area contributed by atoms with Gasteiger partial charge in [0.05, 0.1) is 5.54 Å². The summed E-state index contributed by atoms with van der Waals surface area (Å²) >= 11 is 0. The van der Waals surface area contributed by atoms with Crippen LogP contribution in [-0.4, -0.2) is 17.5 Å². The van der Waals surface area contributed by atoms with Gasteiger partial charge in [-0.25, -0.2) is 0 Å². The molecule has 0 saturated heterocycles. The highest BCUT2D eigenvalue weighted by molar-refractivity contribution is 5.22. The number of hydrogen-bond acceptors (Lipinski definition) is 1. The van der Waals surface area contributed by atoms with Gasteiger partial charge in [0.15, 0.2) is 0 Å². The van der Waals surface area contributed by atoms with E-state index in [1.807, 2.05) is 24.9 Å². The number of likely N-dealkylation sites (N-methyl/N-ethyl adjacent to an activating group) is 1. The second-order valence-electron chi connectivity index (χ2n) is 3.09. The van der Waals surface area contributed by atoms with Crippen LogP contribution in [0.25, 0.3) is 0 Å². The minimum atomic E-state index is -0.0569. The average molecular weight is 161 g/mol. The highest BCUT2D eigenvalue weighted by Crippen LogP contribution is 2.12. The van der Waals surface area contributed by atoms with Gasteiger partial charge in [0.1, 0.15) is 0 Å². The summed E-state index contributed by atoms with van der Waals surface area (Å²) in [5, 5.41) is 0. The summed E-state index contributed by atoms with van der Waals surface area (Å²) in [4.78, 5) is 1.90. The van der Waals surface area contributed by atoms with Gasteiger partial charge >= 0.3 is 0 Å². The van der Waals surface area contributed by atoms with Gasteiger partial charge in [0.25, 0.3) is 0 Å². The van der Waals surface area contributed by atoms with Crippen molar-refractivity contribution in [3.8, 4) is 24.3 Å². The van der Waals surface area contributed by atoms with Crippen LogP contribution in [0.1, 0.15) is 20.8 Å². The largest absolute Gasteiger partial charge is 0.326 e. The van der Waals surface area contributed by atoms with Crippen LogP contribution in [0.4, 0.5) is 0 Å². The maximum atomic E-state index is 5.03. The molecule has 0 saturated carbocycles. The Kier molecular flexibility index (Phi) is 4.02. The Morgan fingerprint density at radius 1 is 1.42 bits per heavy atom. The highest BCUT2D eigenvalue weighted by atomic mass is 15.1.